The van der Waals surface area contributed by atoms with E-state index >= 15 is 0 Å². The van der Waals surface area contributed by atoms with Crippen LogP contribution in [0.25, 0.3) is 0 Å². The molecule has 0 aliphatic heterocycles. The quantitative estimate of drug-likeness (QED) is 0.574. The summed E-state index contributed by atoms with van der Waals surface area (Å²) in [6.45, 7) is 4.11. The molecule has 1 atom stereocenters. The molecule has 2 aromatic carbocycles. The van der Waals surface area contributed by atoms with Gasteiger partial charge >= 0.3 is 132 Å². The zero-order valence-corrected chi connectivity index (χ0v) is 14.1. The second-order valence-electron chi connectivity index (χ2n) is 4.77. The fraction of sp³-hybridized carbons (Fsp3) is 0.235. The number of hydrogen-bond donors (Lipinski definition) is 0. The Labute approximate surface area is 132 Å². The minimum atomic E-state index is 0.190. The SMILES string of the molecule is CC(C)N=C(Cl)C([Se]c1ccccc1)c1ccccc1. The minimum absolute atomic E-state index is 0.190. The molecule has 0 radical (unpaired) electrons. The van der Waals surface area contributed by atoms with Crippen LogP contribution in [0.2, 0.25) is 0 Å². The third-order valence-electron chi connectivity index (χ3n) is 2.70. The van der Waals surface area contributed by atoms with Gasteiger partial charge in [0.15, 0.2) is 0 Å². The van der Waals surface area contributed by atoms with E-state index in [1.807, 2.05) is 12.1 Å². The van der Waals surface area contributed by atoms with E-state index in [0.717, 1.165) is 5.17 Å². The first kappa shape index (κ1) is 15.3. The standard InChI is InChI=1S/C17H18ClNSe/c1-13(2)19-17(18)16(14-9-5-3-6-10-14)20-15-11-7-4-8-12-15/h3-13,16H,1-2H3. The maximum absolute atomic E-state index is 6.49. The predicted molar refractivity (Wildman–Crippen MR) is 89.4 cm³/mol. The molecular weight excluding hydrogens is 333 g/mol. The molecule has 0 heterocycles. The molecule has 0 spiro atoms. The van der Waals surface area contributed by atoms with Crippen LogP contribution < -0.4 is 4.46 Å². The number of nitrogens with zero attached hydrogens (tertiary/aromatic N) is 1. The van der Waals surface area contributed by atoms with Gasteiger partial charge in [0.2, 0.25) is 0 Å². The summed E-state index contributed by atoms with van der Waals surface area (Å²) in [4.78, 5) is 4.74. The van der Waals surface area contributed by atoms with Crippen LogP contribution >= 0.6 is 11.6 Å². The van der Waals surface area contributed by atoms with Crippen LogP contribution in [-0.2, 0) is 0 Å². The molecule has 0 N–H and O–H groups in total. The molecule has 2 aromatic rings. The third kappa shape index (κ3) is 4.49. The van der Waals surface area contributed by atoms with Crippen LogP contribution in [0.15, 0.2) is 65.7 Å². The van der Waals surface area contributed by atoms with E-state index in [9.17, 15) is 0 Å². The van der Waals surface area contributed by atoms with Gasteiger partial charge in [0, 0.05) is 0 Å². The number of benzene rings is 2. The number of aliphatic imine (C=N–C) groups is 1. The summed E-state index contributed by atoms with van der Waals surface area (Å²) in [6.07, 6.45) is 0. The van der Waals surface area contributed by atoms with E-state index in [2.05, 4.69) is 67.4 Å². The molecule has 0 saturated carbocycles. The normalized spacial score (nSPS) is 13.5. The van der Waals surface area contributed by atoms with Crippen molar-refractivity contribution in [3.63, 3.8) is 0 Å². The monoisotopic (exact) mass is 351 g/mol. The molecule has 20 heavy (non-hydrogen) atoms. The summed E-state index contributed by atoms with van der Waals surface area (Å²) in [6, 6.07) is 21.2. The summed E-state index contributed by atoms with van der Waals surface area (Å²) in [5.41, 5.74) is 1.24. The Bertz CT molecular complexity index is 552. The Morgan fingerprint density at radius 3 is 2.05 bits per heavy atom. The van der Waals surface area contributed by atoms with Crippen LogP contribution in [0, 0.1) is 0 Å². The Hall–Kier alpha value is -1.08. The van der Waals surface area contributed by atoms with Crippen molar-refractivity contribution in [2.45, 2.75) is 24.7 Å². The van der Waals surface area contributed by atoms with Crippen molar-refractivity contribution in [2.75, 3.05) is 0 Å². The van der Waals surface area contributed by atoms with Crippen molar-refractivity contribution in [3.05, 3.63) is 66.2 Å². The zero-order valence-electron chi connectivity index (χ0n) is 11.7. The number of halogens is 1. The summed E-state index contributed by atoms with van der Waals surface area (Å²) >= 11 is 6.73. The Balaban J connectivity index is 2.30. The Kier molecular flexibility index (Phi) is 5.85. The van der Waals surface area contributed by atoms with Gasteiger partial charge in [0.05, 0.1) is 0 Å². The number of hydrogen-bond acceptors (Lipinski definition) is 1. The van der Waals surface area contributed by atoms with Gasteiger partial charge in [-0.15, -0.1) is 0 Å². The van der Waals surface area contributed by atoms with E-state index in [0.29, 0.717) is 0 Å². The van der Waals surface area contributed by atoms with Gasteiger partial charge < -0.3 is 0 Å². The molecule has 0 aliphatic rings. The van der Waals surface area contributed by atoms with Gasteiger partial charge in [0.1, 0.15) is 0 Å². The average molecular weight is 351 g/mol. The first-order valence-electron chi connectivity index (χ1n) is 6.66. The van der Waals surface area contributed by atoms with Crippen LogP contribution in [0.5, 0.6) is 0 Å². The molecule has 3 heteroatoms. The number of rotatable bonds is 5. The van der Waals surface area contributed by atoms with Gasteiger partial charge in [0.25, 0.3) is 0 Å². The molecule has 0 saturated heterocycles. The summed E-state index contributed by atoms with van der Waals surface area (Å²) in [7, 11) is 0. The molecule has 1 nitrogen and oxygen atoms in total. The van der Waals surface area contributed by atoms with E-state index in [1.54, 1.807) is 0 Å². The fourth-order valence-corrected chi connectivity index (χ4v) is 4.56. The van der Waals surface area contributed by atoms with Crippen LogP contribution in [0.1, 0.15) is 24.2 Å². The van der Waals surface area contributed by atoms with Crippen molar-refractivity contribution in [2.24, 2.45) is 4.99 Å². The van der Waals surface area contributed by atoms with Crippen LogP contribution in [0.3, 0.4) is 0 Å². The van der Waals surface area contributed by atoms with Crippen molar-refractivity contribution >= 4 is 36.2 Å². The molecule has 0 aromatic heterocycles. The molecule has 0 aliphatic carbocycles. The van der Waals surface area contributed by atoms with E-state index in [4.69, 9.17) is 11.6 Å². The predicted octanol–water partition coefficient (Wildman–Crippen LogP) is 3.80. The molecule has 2 rings (SSSR count). The molecule has 104 valence electrons. The summed E-state index contributed by atoms with van der Waals surface area (Å²) in [5.74, 6) is 0. The van der Waals surface area contributed by atoms with Gasteiger partial charge in [-0.3, -0.25) is 0 Å². The van der Waals surface area contributed by atoms with Gasteiger partial charge in [-0.2, -0.15) is 0 Å². The zero-order chi connectivity index (χ0) is 14.4. The molecule has 0 bridgehead atoms. The van der Waals surface area contributed by atoms with Crippen molar-refractivity contribution in [1.29, 1.82) is 0 Å². The van der Waals surface area contributed by atoms with Crippen LogP contribution in [-0.4, -0.2) is 26.2 Å². The first-order chi connectivity index (χ1) is 9.66. The van der Waals surface area contributed by atoms with Gasteiger partial charge in [-0.25, -0.2) is 0 Å². The molecule has 1 unspecified atom stereocenters. The van der Waals surface area contributed by atoms with Crippen molar-refractivity contribution in [1.82, 2.24) is 0 Å². The van der Waals surface area contributed by atoms with Crippen LogP contribution in [0.4, 0.5) is 0 Å². The summed E-state index contributed by atoms with van der Waals surface area (Å²) < 4.78 is 1.34. The second-order valence-corrected chi connectivity index (χ2v) is 7.63. The third-order valence-corrected chi connectivity index (χ3v) is 5.98. The summed E-state index contributed by atoms with van der Waals surface area (Å²) in [5, 5.41) is 0.718. The second kappa shape index (κ2) is 7.64. The van der Waals surface area contributed by atoms with Crippen molar-refractivity contribution in [3.8, 4) is 0 Å². The Morgan fingerprint density at radius 2 is 1.50 bits per heavy atom. The van der Waals surface area contributed by atoms with Crippen molar-refractivity contribution < 1.29 is 0 Å². The molecular formula is C17H18ClNSe. The molecule has 0 fully saturated rings. The Morgan fingerprint density at radius 1 is 0.950 bits per heavy atom. The molecule has 0 amide bonds. The van der Waals surface area contributed by atoms with Gasteiger partial charge in [-0.1, -0.05) is 0 Å². The van der Waals surface area contributed by atoms with E-state index < -0.39 is 0 Å². The fourth-order valence-electron chi connectivity index (χ4n) is 1.83. The maximum atomic E-state index is 6.49. The van der Waals surface area contributed by atoms with E-state index in [1.165, 1.54) is 10.0 Å². The van der Waals surface area contributed by atoms with Gasteiger partial charge in [-0.05, 0) is 0 Å². The van der Waals surface area contributed by atoms with E-state index in [-0.39, 0.29) is 25.8 Å². The topological polar surface area (TPSA) is 12.4 Å². The average Bonchev–Trinajstić information content (AvgIpc) is 2.46. The first-order valence-corrected chi connectivity index (χ1v) is 8.89.